The smallest absolute Gasteiger partial charge is 0.352 e. The Hall–Kier alpha value is -2.73. The van der Waals surface area contributed by atoms with Crippen LogP contribution in [0.4, 0.5) is 0 Å². The molecule has 0 saturated heterocycles. The highest BCUT2D eigenvalue weighted by Gasteiger charge is 2.19. The van der Waals surface area contributed by atoms with Crippen LogP contribution in [0.1, 0.15) is 20.8 Å². The average molecular weight is 340 g/mol. The zero-order chi connectivity index (χ0) is 16.9. The van der Waals surface area contributed by atoms with Crippen LogP contribution in [-0.4, -0.2) is 22.7 Å². The van der Waals surface area contributed by atoms with Gasteiger partial charge in [-0.15, -0.1) is 5.10 Å². The molecule has 5 nitrogen and oxygen atoms in total. The lowest BCUT2D eigenvalue weighted by Gasteiger charge is -2.07. The van der Waals surface area contributed by atoms with Gasteiger partial charge in [0.15, 0.2) is 4.88 Å². The first-order chi connectivity index (χ1) is 11.7. The number of benzene rings is 2. The molecule has 0 radical (unpaired) electrons. The van der Waals surface area contributed by atoms with Gasteiger partial charge in [0.05, 0.1) is 7.11 Å². The van der Waals surface area contributed by atoms with Gasteiger partial charge >= 0.3 is 5.97 Å². The fraction of sp³-hybridized carbons (Fsp3) is 0.167. The Morgan fingerprint density at radius 2 is 1.88 bits per heavy atom. The summed E-state index contributed by atoms with van der Waals surface area (Å²) in [6, 6.07) is 15.1. The second-order valence-electron chi connectivity index (χ2n) is 5.18. The van der Waals surface area contributed by atoms with Gasteiger partial charge in [-0.1, -0.05) is 28.8 Å². The van der Waals surface area contributed by atoms with E-state index in [4.69, 9.17) is 9.47 Å². The largest absolute Gasteiger partial charge is 0.497 e. The Bertz CT molecular complexity index is 843. The van der Waals surface area contributed by atoms with Gasteiger partial charge in [0.1, 0.15) is 18.1 Å². The number of nitrogens with zero attached hydrogens (tertiary/aromatic N) is 2. The van der Waals surface area contributed by atoms with Crippen molar-refractivity contribution in [1.82, 2.24) is 9.59 Å². The maximum Gasteiger partial charge on any atom is 0.352 e. The third kappa shape index (κ3) is 3.44. The fourth-order valence-electron chi connectivity index (χ4n) is 2.24. The molecule has 3 aromatic rings. The van der Waals surface area contributed by atoms with E-state index in [1.165, 1.54) is 0 Å². The van der Waals surface area contributed by atoms with Crippen molar-refractivity contribution in [2.24, 2.45) is 0 Å². The molecule has 122 valence electrons. The van der Waals surface area contributed by atoms with E-state index in [0.717, 1.165) is 34.0 Å². The monoisotopic (exact) mass is 340 g/mol. The standard InChI is InChI=1S/C18H16N2O3S/c1-12-5-3-4-6-14(12)11-23-18(21)17-16(19-20-24-17)13-7-9-15(22-2)10-8-13/h3-10H,11H2,1-2H3. The summed E-state index contributed by atoms with van der Waals surface area (Å²) in [6.45, 7) is 2.21. The summed E-state index contributed by atoms with van der Waals surface area (Å²) in [7, 11) is 1.60. The normalized spacial score (nSPS) is 10.4. The molecule has 3 rings (SSSR count). The van der Waals surface area contributed by atoms with Crippen LogP contribution in [-0.2, 0) is 11.3 Å². The van der Waals surface area contributed by atoms with Gasteiger partial charge in [-0.05, 0) is 53.8 Å². The Morgan fingerprint density at radius 1 is 1.12 bits per heavy atom. The maximum atomic E-state index is 12.4. The number of hydrogen-bond acceptors (Lipinski definition) is 6. The van der Waals surface area contributed by atoms with Crippen molar-refractivity contribution >= 4 is 17.5 Å². The molecule has 2 aromatic carbocycles. The molecule has 0 amide bonds. The van der Waals surface area contributed by atoms with Crippen molar-refractivity contribution in [3.8, 4) is 17.0 Å². The molecule has 0 spiro atoms. The highest BCUT2D eigenvalue weighted by Crippen LogP contribution is 2.26. The highest BCUT2D eigenvalue weighted by atomic mass is 32.1. The van der Waals surface area contributed by atoms with E-state index in [1.807, 2.05) is 55.5 Å². The first-order valence-electron chi connectivity index (χ1n) is 7.37. The Labute approximate surface area is 144 Å². The number of aromatic nitrogens is 2. The van der Waals surface area contributed by atoms with Crippen LogP contribution < -0.4 is 4.74 Å². The summed E-state index contributed by atoms with van der Waals surface area (Å²) in [5.41, 5.74) is 3.39. The van der Waals surface area contributed by atoms with Gasteiger partial charge in [-0.2, -0.15) is 0 Å². The Balaban J connectivity index is 1.76. The lowest BCUT2D eigenvalue weighted by atomic mass is 10.1. The number of ether oxygens (including phenoxy) is 2. The van der Waals surface area contributed by atoms with E-state index in [-0.39, 0.29) is 6.61 Å². The van der Waals surface area contributed by atoms with Crippen molar-refractivity contribution in [1.29, 1.82) is 0 Å². The quantitative estimate of drug-likeness (QED) is 0.660. The minimum Gasteiger partial charge on any atom is -0.497 e. The number of hydrogen-bond donors (Lipinski definition) is 0. The van der Waals surface area contributed by atoms with Crippen molar-refractivity contribution in [2.75, 3.05) is 7.11 Å². The summed E-state index contributed by atoms with van der Waals surface area (Å²) < 4.78 is 14.5. The molecule has 0 aliphatic rings. The molecule has 1 heterocycles. The zero-order valence-electron chi connectivity index (χ0n) is 13.4. The summed E-state index contributed by atoms with van der Waals surface area (Å²) in [6.07, 6.45) is 0. The third-order valence-corrected chi connectivity index (χ3v) is 4.36. The molecule has 0 saturated carbocycles. The number of methoxy groups -OCH3 is 1. The molecule has 0 unspecified atom stereocenters. The van der Waals surface area contributed by atoms with Crippen molar-refractivity contribution in [2.45, 2.75) is 13.5 Å². The first kappa shape index (κ1) is 16.1. The summed E-state index contributed by atoms with van der Waals surface area (Å²) in [5.74, 6) is 0.324. The summed E-state index contributed by atoms with van der Waals surface area (Å²) in [4.78, 5) is 12.8. The van der Waals surface area contributed by atoms with Crippen LogP contribution in [0.3, 0.4) is 0 Å². The highest BCUT2D eigenvalue weighted by molar-refractivity contribution is 7.08. The van der Waals surface area contributed by atoms with Gasteiger partial charge in [0, 0.05) is 5.56 Å². The number of carbonyl (C=O) groups excluding carboxylic acids is 1. The number of rotatable bonds is 5. The molecular formula is C18H16N2O3S. The molecule has 0 fully saturated rings. The summed E-state index contributed by atoms with van der Waals surface area (Å²) in [5, 5.41) is 4.06. The molecule has 0 atom stereocenters. The van der Waals surface area contributed by atoms with E-state index in [2.05, 4.69) is 9.59 Å². The molecule has 24 heavy (non-hydrogen) atoms. The Kier molecular flexibility index (Phi) is 4.86. The van der Waals surface area contributed by atoms with Gasteiger partial charge in [0.25, 0.3) is 0 Å². The van der Waals surface area contributed by atoms with Crippen LogP contribution in [0.25, 0.3) is 11.3 Å². The van der Waals surface area contributed by atoms with Crippen molar-refractivity contribution in [3.63, 3.8) is 0 Å². The van der Waals surface area contributed by atoms with E-state index >= 15 is 0 Å². The van der Waals surface area contributed by atoms with E-state index in [0.29, 0.717) is 10.6 Å². The van der Waals surface area contributed by atoms with Gasteiger partial charge < -0.3 is 9.47 Å². The molecule has 6 heteroatoms. The average Bonchev–Trinajstić information content (AvgIpc) is 3.10. The van der Waals surface area contributed by atoms with E-state index in [9.17, 15) is 4.79 Å². The van der Waals surface area contributed by atoms with Crippen molar-refractivity contribution in [3.05, 3.63) is 64.5 Å². The second-order valence-corrected chi connectivity index (χ2v) is 5.94. The predicted molar refractivity (Wildman–Crippen MR) is 92.2 cm³/mol. The zero-order valence-corrected chi connectivity index (χ0v) is 14.2. The van der Waals surface area contributed by atoms with Gasteiger partial charge in [-0.3, -0.25) is 0 Å². The molecular weight excluding hydrogens is 324 g/mol. The first-order valence-corrected chi connectivity index (χ1v) is 8.15. The molecule has 0 aliphatic carbocycles. The van der Waals surface area contributed by atoms with Crippen LogP contribution in [0, 0.1) is 6.92 Å². The van der Waals surface area contributed by atoms with Crippen LogP contribution in [0.15, 0.2) is 48.5 Å². The van der Waals surface area contributed by atoms with Gasteiger partial charge in [0.2, 0.25) is 0 Å². The van der Waals surface area contributed by atoms with Crippen LogP contribution >= 0.6 is 11.5 Å². The predicted octanol–water partition coefficient (Wildman–Crippen LogP) is 3.88. The van der Waals surface area contributed by atoms with Gasteiger partial charge in [-0.25, -0.2) is 4.79 Å². The van der Waals surface area contributed by atoms with Crippen LogP contribution in [0.5, 0.6) is 5.75 Å². The van der Waals surface area contributed by atoms with Crippen molar-refractivity contribution < 1.29 is 14.3 Å². The maximum absolute atomic E-state index is 12.4. The van der Waals surface area contributed by atoms with E-state index in [1.54, 1.807) is 7.11 Å². The molecule has 0 N–H and O–H groups in total. The van der Waals surface area contributed by atoms with E-state index < -0.39 is 5.97 Å². The number of carbonyl (C=O) groups is 1. The Morgan fingerprint density at radius 3 is 2.58 bits per heavy atom. The second kappa shape index (κ2) is 7.23. The topological polar surface area (TPSA) is 61.3 Å². The fourth-order valence-corrected chi connectivity index (χ4v) is 2.83. The lowest BCUT2D eigenvalue weighted by molar-refractivity contribution is 0.0478. The molecule has 1 aromatic heterocycles. The SMILES string of the molecule is COc1ccc(-c2nnsc2C(=O)OCc2ccccc2C)cc1. The minimum atomic E-state index is -0.418. The number of esters is 1. The van der Waals surface area contributed by atoms with Crippen LogP contribution in [0.2, 0.25) is 0 Å². The number of aryl methyl sites for hydroxylation is 1. The molecule has 0 bridgehead atoms. The lowest BCUT2D eigenvalue weighted by Crippen LogP contribution is -2.05. The molecule has 0 aliphatic heterocycles. The third-order valence-electron chi connectivity index (χ3n) is 3.66. The minimum absolute atomic E-state index is 0.228. The summed E-state index contributed by atoms with van der Waals surface area (Å²) >= 11 is 1.03.